The van der Waals surface area contributed by atoms with Crippen molar-refractivity contribution in [2.75, 3.05) is 26.8 Å². The molecule has 0 spiro atoms. The van der Waals surface area contributed by atoms with E-state index in [9.17, 15) is 9.90 Å². The van der Waals surface area contributed by atoms with E-state index in [4.69, 9.17) is 21.1 Å². The van der Waals surface area contributed by atoms with Crippen molar-refractivity contribution in [2.45, 2.75) is 26.8 Å². The van der Waals surface area contributed by atoms with Crippen LogP contribution in [0.3, 0.4) is 0 Å². The molecule has 1 N–H and O–H groups in total. The van der Waals surface area contributed by atoms with Gasteiger partial charge in [0.05, 0.1) is 24.7 Å². The van der Waals surface area contributed by atoms with Crippen molar-refractivity contribution in [3.63, 3.8) is 0 Å². The molecule has 6 heteroatoms. The number of benzene rings is 1. The molecule has 128 valence electrons. The number of hydrogen-bond acceptors (Lipinski definition) is 4. The van der Waals surface area contributed by atoms with Crippen molar-refractivity contribution < 1.29 is 19.4 Å². The molecule has 0 aromatic heterocycles. The molecule has 1 aromatic carbocycles. The lowest BCUT2D eigenvalue weighted by atomic mass is 9.90. The number of aliphatic carboxylic acids is 1. The molecule has 0 saturated carbocycles. The SMILES string of the molecule is CCOc1cc(CN2CC(C)CC(C(=O)O)C2)cc(Cl)c1OC. The van der Waals surface area contributed by atoms with Crippen molar-refractivity contribution in [1.82, 2.24) is 4.90 Å². The van der Waals surface area contributed by atoms with Gasteiger partial charge in [0.15, 0.2) is 11.5 Å². The third kappa shape index (κ3) is 4.52. The summed E-state index contributed by atoms with van der Waals surface area (Å²) >= 11 is 6.28. The van der Waals surface area contributed by atoms with Crippen LogP contribution in [0.2, 0.25) is 5.02 Å². The van der Waals surface area contributed by atoms with Crippen molar-refractivity contribution in [3.8, 4) is 11.5 Å². The quantitative estimate of drug-likeness (QED) is 0.860. The number of rotatable bonds is 6. The van der Waals surface area contributed by atoms with E-state index in [0.29, 0.717) is 42.1 Å². The van der Waals surface area contributed by atoms with E-state index >= 15 is 0 Å². The number of nitrogens with zero attached hydrogens (tertiary/aromatic N) is 1. The number of likely N-dealkylation sites (tertiary alicyclic amines) is 1. The Morgan fingerprint density at radius 2 is 2.17 bits per heavy atom. The predicted octanol–water partition coefficient (Wildman–Crippen LogP) is 3.29. The Morgan fingerprint density at radius 1 is 1.43 bits per heavy atom. The largest absolute Gasteiger partial charge is 0.491 e. The maximum atomic E-state index is 11.3. The average Bonchev–Trinajstić information content (AvgIpc) is 2.46. The molecule has 0 aliphatic carbocycles. The minimum absolute atomic E-state index is 0.307. The third-order valence-electron chi connectivity index (χ3n) is 4.06. The second-order valence-electron chi connectivity index (χ2n) is 6.11. The van der Waals surface area contributed by atoms with Gasteiger partial charge >= 0.3 is 5.97 Å². The van der Waals surface area contributed by atoms with Crippen LogP contribution in [0.1, 0.15) is 25.8 Å². The molecule has 0 amide bonds. The van der Waals surface area contributed by atoms with E-state index in [0.717, 1.165) is 18.5 Å². The molecule has 1 heterocycles. The first-order valence-corrected chi connectivity index (χ1v) is 8.26. The molecule has 2 unspecified atom stereocenters. The van der Waals surface area contributed by atoms with Gasteiger partial charge in [0, 0.05) is 19.6 Å². The van der Waals surface area contributed by atoms with Crippen LogP contribution < -0.4 is 9.47 Å². The molecule has 1 aromatic rings. The van der Waals surface area contributed by atoms with Crippen molar-refractivity contribution in [1.29, 1.82) is 0 Å². The fourth-order valence-electron chi connectivity index (χ4n) is 3.20. The summed E-state index contributed by atoms with van der Waals surface area (Å²) in [5.41, 5.74) is 0.998. The second kappa shape index (κ2) is 7.88. The van der Waals surface area contributed by atoms with Gasteiger partial charge in [-0.25, -0.2) is 0 Å². The zero-order chi connectivity index (χ0) is 17.0. The van der Waals surface area contributed by atoms with Crippen LogP contribution in [0, 0.1) is 11.8 Å². The highest BCUT2D eigenvalue weighted by Crippen LogP contribution is 2.37. The standard InChI is InChI=1S/C17H24ClNO4/c1-4-23-15-7-12(6-14(18)16(15)22-3)9-19-8-11(2)5-13(10-19)17(20)21/h6-7,11,13H,4-5,8-10H2,1-3H3,(H,20,21). The van der Waals surface area contributed by atoms with E-state index in [1.54, 1.807) is 7.11 Å². The molecular formula is C17H24ClNO4. The highest BCUT2D eigenvalue weighted by atomic mass is 35.5. The molecule has 2 atom stereocenters. The topological polar surface area (TPSA) is 59.0 Å². The lowest BCUT2D eigenvalue weighted by Crippen LogP contribution is -2.41. The minimum Gasteiger partial charge on any atom is -0.491 e. The average molecular weight is 342 g/mol. The Morgan fingerprint density at radius 3 is 2.78 bits per heavy atom. The van der Waals surface area contributed by atoms with Crippen LogP contribution in [0.4, 0.5) is 0 Å². The van der Waals surface area contributed by atoms with Gasteiger partial charge < -0.3 is 14.6 Å². The number of carbonyl (C=O) groups is 1. The molecule has 0 bridgehead atoms. The predicted molar refractivity (Wildman–Crippen MR) is 89.4 cm³/mol. The van der Waals surface area contributed by atoms with Gasteiger partial charge in [-0.15, -0.1) is 0 Å². The Bertz CT molecular complexity index is 564. The van der Waals surface area contributed by atoms with E-state index in [-0.39, 0.29) is 5.92 Å². The van der Waals surface area contributed by atoms with Gasteiger partial charge in [0.1, 0.15) is 0 Å². The van der Waals surface area contributed by atoms with E-state index in [1.165, 1.54) is 0 Å². The molecule has 5 nitrogen and oxygen atoms in total. The number of hydrogen-bond donors (Lipinski definition) is 1. The normalized spacial score (nSPS) is 21.9. The minimum atomic E-state index is -0.718. The Kier molecular flexibility index (Phi) is 6.13. The fraction of sp³-hybridized carbons (Fsp3) is 0.588. The summed E-state index contributed by atoms with van der Waals surface area (Å²) in [4.78, 5) is 13.5. The van der Waals surface area contributed by atoms with Gasteiger partial charge in [-0.3, -0.25) is 9.69 Å². The van der Waals surface area contributed by atoms with E-state index in [1.807, 2.05) is 19.1 Å². The van der Waals surface area contributed by atoms with Crippen LogP contribution in [0.15, 0.2) is 12.1 Å². The van der Waals surface area contributed by atoms with Gasteiger partial charge in [-0.1, -0.05) is 18.5 Å². The molecule has 0 radical (unpaired) electrons. The molecular weight excluding hydrogens is 318 g/mol. The smallest absolute Gasteiger partial charge is 0.307 e. The number of ether oxygens (including phenoxy) is 2. The Hall–Kier alpha value is -1.46. The number of methoxy groups -OCH3 is 1. The zero-order valence-electron chi connectivity index (χ0n) is 13.8. The highest BCUT2D eigenvalue weighted by molar-refractivity contribution is 6.32. The summed E-state index contributed by atoms with van der Waals surface area (Å²) in [6.07, 6.45) is 0.736. The summed E-state index contributed by atoms with van der Waals surface area (Å²) in [6, 6.07) is 3.78. The van der Waals surface area contributed by atoms with Crippen LogP contribution in [0.5, 0.6) is 11.5 Å². The fourth-order valence-corrected chi connectivity index (χ4v) is 3.51. The molecule has 1 fully saturated rings. The lowest BCUT2D eigenvalue weighted by Gasteiger charge is -2.34. The summed E-state index contributed by atoms with van der Waals surface area (Å²) < 4.78 is 10.9. The molecule has 2 rings (SSSR count). The molecule has 1 aliphatic heterocycles. The first-order valence-electron chi connectivity index (χ1n) is 7.88. The Labute approximate surface area is 142 Å². The monoisotopic (exact) mass is 341 g/mol. The molecule has 1 aliphatic rings. The number of carboxylic acids is 1. The van der Waals surface area contributed by atoms with Gasteiger partial charge in [-0.2, -0.15) is 0 Å². The first-order chi connectivity index (χ1) is 10.9. The summed E-state index contributed by atoms with van der Waals surface area (Å²) in [7, 11) is 1.56. The maximum absolute atomic E-state index is 11.3. The first kappa shape index (κ1) is 17.9. The number of piperidine rings is 1. The zero-order valence-corrected chi connectivity index (χ0v) is 14.6. The van der Waals surface area contributed by atoms with Gasteiger partial charge in [-0.05, 0) is 37.0 Å². The van der Waals surface area contributed by atoms with Crippen LogP contribution in [-0.2, 0) is 11.3 Å². The Balaban J connectivity index is 2.17. The molecule has 23 heavy (non-hydrogen) atoms. The summed E-state index contributed by atoms with van der Waals surface area (Å²) in [5, 5.41) is 9.79. The van der Waals surface area contributed by atoms with E-state index < -0.39 is 5.97 Å². The second-order valence-corrected chi connectivity index (χ2v) is 6.52. The third-order valence-corrected chi connectivity index (χ3v) is 4.34. The van der Waals surface area contributed by atoms with Gasteiger partial charge in [0.2, 0.25) is 0 Å². The van der Waals surface area contributed by atoms with Gasteiger partial charge in [0.25, 0.3) is 0 Å². The number of halogens is 1. The summed E-state index contributed by atoms with van der Waals surface area (Å²) in [5.74, 6) is 0.498. The lowest BCUT2D eigenvalue weighted by molar-refractivity contribution is -0.144. The van der Waals surface area contributed by atoms with Crippen molar-refractivity contribution in [2.24, 2.45) is 11.8 Å². The van der Waals surface area contributed by atoms with Crippen molar-refractivity contribution in [3.05, 3.63) is 22.7 Å². The highest BCUT2D eigenvalue weighted by Gasteiger charge is 2.29. The van der Waals surface area contributed by atoms with Crippen molar-refractivity contribution >= 4 is 17.6 Å². The van der Waals surface area contributed by atoms with Crippen LogP contribution >= 0.6 is 11.6 Å². The summed E-state index contributed by atoms with van der Waals surface area (Å²) in [6.45, 7) is 6.62. The van der Waals surface area contributed by atoms with E-state index in [2.05, 4.69) is 11.8 Å². The maximum Gasteiger partial charge on any atom is 0.307 e. The van der Waals surface area contributed by atoms with Crippen LogP contribution in [-0.4, -0.2) is 42.8 Å². The van der Waals surface area contributed by atoms with Crippen LogP contribution in [0.25, 0.3) is 0 Å². The number of carboxylic acid groups (broad SMARTS) is 1. The molecule has 1 saturated heterocycles.